The first kappa shape index (κ1) is 19.8. The lowest BCUT2D eigenvalue weighted by Gasteiger charge is -2.24. The number of urea groups is 1. The Morgan fingerprint density at radius 2 is 2.15 bits per heavy atom. The monoisotopic (exact) mass is 360 g/mol. The van der Waals surface area contributed by atoms with Gasteiger partial charge in [0.25, 0.3) is 0 Å². The molecular formula is C19H28N4O3. The van der Waals surface area contributed by atoms with Gasteiger partial charge < -0.3 is 19.7 Å². The molecule has 7 heteroatoms. The third kappa shape index (κ3) is 6.76. The molecule has 0 saturated heterocycles. The molecule has 0 spiro atoms. The fourth-order valence-corrected chi connectivity index (χ4v) is 2.47. The summed E-state index contributed by atoms with van der Waals surface area (Å²) in [7, 11) is 1.63. The number of rotatable bonds is 10. The molecule has 0 fully saturated rings. The number of ether oxygens (including phenoxy) is 2. The number of methoxy groups -OCH3 is 1. The number of benzene rings is 1. The number of hydrogen-bond acceptors (Lipinski definition) is 4. The molecule has 2 rings (SSSR count). The van der Waals surface area contributed by atoms with Gasteiger partial charge in [-0.05, 0) is 24.1 Å². The van der Waals surface area contributed by atoms with E-state index in [1.165, 1.54) is 0 Å². The van der Waals surface area contributed by atoms with Crippen LogP contribution >= 0.6 is 0 Å². The highest BCUT2D eigenvalue weighted by molar-refractivity contribution is 5.89. The van der Waals surface area contributed by atoms with Gasteiger partial charge in [-0.3, -0.25) is 4.68 Å². The maximum Gasteiger partial charge on any atom is 0.321 e. The van der Waals surface area contributed by atoms with Crippen LogP contribution in [0, 0.1) is 5.92 Å². The molecule has 0 aliphatic heterocycles. The van der Waals surface area contributed by atoms with E-state index in [4.69, 9.17) is 9.47 Å². The fraction of sp³-hybridized carbons (Fsp3) is 0.474. The second-order valence-electron chi connectivity index (χ2n) is 6.41. The summed E-state index contributed by atoms with van der Waals surface area (Å²) in [5, 5.41) is 7.07. The Morgan fingerprint density at radius 3 is 2.85 bits per heavy atom. The van der Waals surface area contributed by atoms with Crippen LogP contribution in [0.5, 0.6) is 5.75 Å². The summed E-state index contributed by atoms with van der Waals surface area (Å²) in [5.74, 6) is 1.09. The highest BCUT2D eigenvalue weighted by Gasteiger charge is 2.15. The van der Waals surface area contributed by atoms with E-state index >= 15 is 0 Å². The Bertz CT molecular complexity index is 659. The second kappa shape index (κ2) is 10.5. The van der Waals surface area contributed by atoms with Gasteiger partial charge in [0.1, 0.15) is 12.4 Å². The Morgan fingerprint density at radius 1 is 1.31 bits per heavy atom. The smallest absolute Gasteiger partial charge is 0.321 e. The van der Waals surface area contributed by atoms with E-state index in [0.29, 0.717) is 50.2 Å². The number of anilines is 1. The largest absolute Gasteiger partial charge is 0.492 e. The molecule has 0 aliphatic rings. The van der Waals surface area contributed by atoms with Gasteiger partial charge in [-0.2, -0.15) is 5.10 Å². The lowest BCUT2D eigenvalue weighted by molar-refractivity contribution is 0.150. The predicted molar refractivity (Wildman–Crippen MR) is 101 cm³/mol. The maximum absolute atomic E-state index is 12.5. The summed E-state index contributed by atoms with van der Waals surface area (Å²) in [5.41, 5.74) is 0.706. The molecule has 2 aromatic rings. The van der Waals surface area contributed by atoms with Crippen molar-refractivity contribution in [1.82, 2.24) is 14.7 Å². The van der Waals surface area contributed by atoms with Crippen LogP contribution in [0.25, 0.3) is 0 Å². The first-order chi connectivity index (χ1) is 12.6. The van der Waals surface area contributed by atoms with Crippen LogP contribution in [0.2, 0.25) is 0 Å². The quantitative estimate of drug-likeness (QED) is 0.707. The van der Waals surface area contributed by atoms with Gasteiger partial charge in [0, 0.05) is 44.3 Å². The predicted octanol–water partition coefficient (Wildman–Crippen LogP) is 3.10. The van der Waals surface area contributed by atoms with Gasteiger partial charge in [0.15, 0.2) is 0 Å². The zero-order valence-corrected chi connectivity index (χ0v) is 15.7. The minimum Gasteiger partial charge on any atom is -0.492 e. The van der Waals surface area contributed by atoms with Crippen molar-refractivity contribution < 1.29 is 14.3 Å². The van der Waals surface area contributed by atoms with Crippen LogP contribution in [0.4, 0.5) is 10.5 Å². The number of aromatic nitrogens is 2. The van der Waals surface area contributed by atoms with Crippen LogP contribution in [0.15, 0.2) is 42.7 Å². The lowest BCUT2D eigenvalue weighted by atomic mass is 10.2. The first-order valence-electron chi connectivity index (χ1n) is 8.83. The van der Waals surface area contributed by atoms with Crippen molar-refractivity contribution >= 4 is 11.7 Å². The molecule has 0 unspecified atom stereocenters. The number of nitrogens with zero attached hydrogens (tertiary/aromatic N) is 3. The molecule has 0 saturated carbocycles. The van der Waals surface area contributed by atoms with Gasteiger partial charge >= 0.3 is 6.03 Å². The molecule has 0 atom stereocenters. The average molecular weight is 360 g/mol. The average Bonchev–Trinajstić information content (AvgIpc) is 3.12. The summed E-state index contributed by atoms with van der Waals surface area (Å²) in [6.07, 6.45) is 3.63. The van der Waals surface area contributed by atoms with Crippen molar-refractivity contribution in [1.29, 1.82) is 0 Å². The molecule has 1 aromatic heterocycles. The topological polar surface area (TPSA) is 68.6 Å². The van der Waals surface area contributed by atoms with Crippen molar-refractivity contribution in [3.63, 3.8) is 0 Å². The Kier molecular flexibility index (Phi) is 7.95. The van der Waals surface area contributed by atoms with Gasteiger partial charge in [0.2, 0.25) is 0 Å². The maximum atomic E-state index is 12.5. The molecule has 7 nitrogen and oxygen atoms in total. The summed E-state index contributed by atoms with van der Waals surface area (Å²) in [4.78, 5) is 14.3. The van der Waals surface area contributed by atoms with Gasteiger partial charge in [0.05, 0.1) is 13.2 Å². The van der Waals surface area contributed by atoms with Crippen molar-refractivity contribution in [3.8, 4) is 5.75 Å². The van der Waals surface area contributed by atoms with Gasteiger partial charge in [-0.15, -0.1) is 0 Å². The van der Waals surface area contributed by atoms with Crippen LogP contribution in [-0.2, 0) is 11.3 Å². The summed E-state index contributed by atoms with van der Waals surface area (Å²) in [6.45, 7) is 7.09. The summed E-state index contributed by atoms with van der Waals surface area (Å²) < 4.78 is 12.7. The molecule has 2 amide bonds. The Hall–Kier alpha value is -2.54. The summed E-state index contributed by atoms with van der Waals surface area (Å²) >= 11 is 0. The SMILES string of the molecule is COCCN(CC(C)C)C(=O)Nc1cccc(OCCn2cccn2)c1. The Balaban J connectivity index is 1.89. The van der Waals surface area contributed by atoms with E-state index in [0.717, 1.165) is 0 Å². The van der Waals surface area contributed by atoms with Crippen LogP contribution in [0.1, 0.15) is 13.8 Å². The van der Waals surface area contributed by atoms with Crippen LogP contribution in [-0.4, -0.2) is 54.1 Å². The molecule has 0 aliphatic carbocycles. The molecule has 26 heavy (non-hydrogen) atoms. The Labute approximate surface area is 154 Å². The standard InChI is InChI=1S/C19H28N4O3/c1-16(2)15-22(10-12-25-3)19(24)21-17-6-4-7-18(14-17)26-13-11-23-9-5-8-20-23/h4-9,14,16H,10-13,15H2,1-3H3,(H,21,24). The molecule has 1 heterocycles. The molecule has 142 valence electrons. The number of carbonyl (C=O) groups excluding carboxylic acids is 1. The third-order valence-corrected chi connectivity index (χ3v) is 3.67. The summed E-state index contributed by atoms with van der Waals surface area (Å²) in [6, 6.07) is 9.15. The first-order valence-corrected chi connectivity index (χ1v) is 8.83. The second-order valence-corrected chi connectivity index (χ2v) is 6.41. The molecule has 0 radical (unpaired) electrons. The highest BCUT2D eigenvalue weighted by atomic mass is 16.5. The zero-order chi connectivity index (χ0) is 18.8. The van der Waals surface area contributed by atoms with E-state index in [2.05, 4.69) is 24.3 Å². The van der Waals surface area contributed by atoms with E-state index < -0.39 is 0 Å². The van der Waals surface area contributed by atoms with E-state index in [1.807, 2.05) is 41.2 Å². The minimum absolute atomic E-state index is 0.135. The number of nitrogens with one attached hydrogen (secondary N) is 1. The van der Waals surface area contributed by atoms with Gasteiger partial charge in [-0.1, -0.05) is 19.9 Å². The molecular weight excluding hydrogens is 332 g/mol. The van der Waals surface area contributed by atoms with Gasteiger partial charge in [-0.25, -0.2) is 4.79 Å². The molecule has 0 bridgehead atoms. The van der Waals surface area contributed by atoms with Crippen molar-refractivity contribution in [2.75, 3.05) is 38.7 Å². The molecule has 1 aromatic carbocycles. The van der Waals surface area contributed by atoms with Crippen LogP contribution in [0.3, 0.4) is 0 Å². The van der Waals surface area contributed by atoms with E-state index in [9.17, 15) is 4.79 Å². The lowest BCUT2D eigenvalue weighted by Crippen LogP contribution is -2.39. The number of amides is 2. The van der Waals surface area contributed by atoms with E-state index in [1.54, 1.807) is 18.2 Å². The van der Waals surface area contributed by atoms with Crippen molar-refractivity contribution in [2.45, 2.75) is 20.4 Å². The van der Waals surface area contributed by atoms with Crippen molar-refractivity contribution in [3.05, 3.63) is 42.7 Å². The highest BCUT2D eigenvalue weighted by Crippen LogP contribution is 2.18. The number of carbonyl (C=O) groups is 1. The van der Waals surface area contributed by atoms with Crippen LogP contribution < -0.4 is 10.1 Å². The zero-order valence-electron chi connectivity index (χ0n) is 15.7. The third-order valence-electron chi connectivity index (χ3n) is 3.67. The normalized spacial score (nSPS) is 10.8. The van der Waals surface area contributed by atoms with Crippen molar-refractivity contribution in [2.24, 2.45) is 5.92 Å². The molecule has 1 N–H and O–H groups in total. The minimum atomic E-state index is -0.135. The fourth-order valence-electron chi connectivity index (χ4n) is 2.47. The number of hydrogen-bond donors (Lipinski definition) is 1. The van der Waals surface area contributed by atoms with E-state index in [-0.39, 0.29) is 6.03 Å².